The highest BCUT2D eigenvalue weighted by molar-refractivity contribution is 6.01. The average Bonchev–Trinajstić information content (AvgIpc) is 3.16. The summed E-state index contributed by atoms with van der Waals surface area (Å²) in [5.74, 6) is 0.556. The van der Waals surface area contributed by atoms with Gasteiger partial charge in [0.05, 0.1) is 11.5 Å². The van der Waals surface area contributed by atoms with Gasteiger partial charge in [-0.1, -0.05) is 24.3 Å². The molecule has 1 amide bonds. The van der Waals surface area contributed by atoms with E-state index in [-0.39, 0.29) is 11.4 Å². The van der Waals surface area contributed by atoms with Gasteiger partial charge in [-0.2, -0.15) is 5.10 Å². The first kappa shape index (κ1) is 19.9. The second kappa shape index (κ2) is 8.87. The lowest BCUT2D eigenvalue weighted by atomic mass is 10.2. The van der Waals surface area contributed by atoms with Gasteiger partial charge in [0.2, 0.25) is 0 Å². The third-order valence-corrected chi connectivity index (χ3v) is 3.93. The van der Waals surface area contributed by atoms with Crippen LogP contribution in [-0.4, -0.2) is 29.8 Å². The molecule has 1 aromatic heterocycles. The Morgan fingerprint density at radius 3 is 2.69 bits per heavy atom. The first-order valence-electron chi connectivity index (χ1n) is 8.84. The van der Waals surface area contributed by atoms with E-state index in [2.05, 4.69) is 10.5 Å². The van der Waals surface area contributed by atoms with E-state index in [9.17, 15) is 14.9 Å². The van der Waals surface area contributed by atoms with Gasteiger partial charge in [0.15, 0.2) is 29.4 Å². The number of nitrogens with zero attached hydrogens (tertiary/aromatic N) is 2. The Labute approximate surface area is 166 Å². The highest BCUT2D eigenvalue weighted by Crippen LogP contribution is 2.29. The summed E-state index contributed by atoms with van der Waals surface area (Å²) >= 11 is 0. The lowest BCUT2D eigenvalue weighted by Gasteiger charge is -2.05. The lowest BCUT2D eigenvalue weighted by Crippen LogP contribution is -2.25. The molecular weight excluding hydrogens is 378 g/mol. The van der Waals surface area contributed by atoms with Gasteiger partial charge < -0.3 is 13.9 Å². The van der Waals surface area contributed by atoms with Crippen LogP contribution in [-0.2, 0) is 4.79 Å². The van der Waals surface area contributed by atoms with Crippen LogP contribution in [0.1, 0.15) is 19.6 Å². The molecule has 0 saturated carbocycles. The van der Waals surface area contributed by atoms with Crippen molar-refractivity contribution in [3.8, 4) is 11.5 Å². The second-order valence-corrected chi connectivity index (χ2v) is 5.96. The second-order valence-electron chi connectivity index (χ2n) is 5.96. The number of furan rings is 1. The summed E-state index contributed by atoms with van der Waals surface area (Å²) < 4.78 is 16.6. The van der Waals surface area contributed by atoms with Crippen LogP contribution in [0.15, 0.2) is 58.0 Å². The van der Waals surface area contributed by atoms with Crippen LogP contribution in [0.2, 0.25) is 0 Å². The van der Waals surface area contributed by atoms with Crippen molar-refractivity contribution in [3.05, 3.63) is 64.4 Å². The number of nitrogens with one attached hydrogen (secondary N) is 1. The molecule has 0 aliphatic carbocycles. The maximum Gasteiger partial charge on any atom is 0.310 e. The third kappa shape index (κ3) is 4.70. The van der Waals surface area contributed by atoms with E-state index in [1.165, 1.54) is 18.2 Å². The maximum atomic E-state index is 12.0. The van der Waals surface area contributed by atoms with Crippen molar-refractivity contribution in [1.29, 1.82) is 0 Å². The van der Waals surface area contributed by atoms with Gasteiger partial charge in [-0.15, -0.1) is 0 Å². The summed E-state index contributed by atoms with van der Waals surface area (Å²) in [7, 11) is 0. The Morgan fingerprint density at radius 1 is 1.17 bits per heavy atom. The number of amides is 1. The summed E-state index contributed by atoms with van der Waals surface area (Å²) in [6.45, 7) is 3.66. The number of rotatable bonds is 8. The quantitative estimate of drug-likeness (QED) is 0.352. The number of carbonyl (C=O) groups is 1. The molecule has 0 radical (unpaired) electrons. The van der Waals surface area contributed by atoms with Gasteiger partial charge >= 0.3 is 5.69 Å². The van der Waals surface area contributed by atoms with Crippen LogP contribution >= 0.6 is 0 Å². The number of ether oxygens (including phenoxy) is 2. The van der Waals surface area contributed by atoms with Gasteiger partial charge in [-0.05, 0) is 32.0 Å². The summed E-state index contributed by atoms with van der Waals surface area (Å²) in [6.07, 6.45) is 0. The van der Waals surface area contributed by atoms with Crippen LogP contribution in [0, 0.1) is 10.1 Å². The Morgan fingerprint density at radius 2 is 1.93 bits per heavy atom. The smallest absolute Gasteiger partial charge is 0.310 e. The summed E-state index contributed by atoms with van der Waals surface area (Å²) in [6, 6.07) is 13.2. The first-order chi connectivity index (χ1) is 14.0. The van der Waals surface area contributed by atoms with E-state index < -0.39 is 17.4 Å². The normalized spacial score (nSPS) is 11.3. The minimum atomic E-state index is -0.576. The molecule has 0 aliphatic rings. The Kier molecular flexibility index (Phi) is 6.08. The lowest BCUT2D eigenvalue weighted by molar-refractivity contribution is -0.385. The zero-order chi connectivity index (χ0) is 20.8. The molecule has 0 atom stereocenters. The van der Waals surface area contributed by atoms with Crippen LogP contribution in [0.4, 0.5) is 5.69 Å². The number of nitro groups is 1. The molecule has 9 nitrogen and oxygen atoms in total. The highest BCUT2D eigenvalue weighted by atomic mass is 16.6. The number of benzene rings is 2. The number of hydrazone groups is 1. The molecule has 0 bridgehead atoms. The Balaban J connectivity index is 1.65. The van der Waals surface area contributed by atoms with Crippen molar-refractivity contribution >= 4 is 28.3 Å². The number of nitro benzene ring substituents is 1. The number of hydrogen-bond donors (Lipinski definition) is 1. The number of para-hydroxylation sites is 3. The summed E-state index contributed by atoms with van der Waals surface area (Å²) in [5.41, 5.74) is 3.18. The van der Waals surface area contributed by atoms with Gasteiger partial charge in [0.1, 0.15) is 5.71 Å². The van der Waals surface area contributed by atoms with E-state index in [0.29, 0.717) is 29.4 Å². The van der Waals surface area contributed by atoms with Gasteiger partial charge in [-0.25, -0.2) is 5.43 Å². The topological polar surface area (TPSA) is 116 Å². The van der Waals surface area contributed by atoms with Crippen molar-refractivity contribution < 1.29 is 23.6 Å². The predicted octanol–water partition coefficient (Wildman–Crippen LogP) is 3.66. The number of fused-ring (bicyclic) bond motifs is 1. The Hall–Kier alpha value is -3.88. The molecule has 0 saturated heterocycles. The average molecular weight is 397 g/mol. The SMILES string of the molecule is CCOc1cccc2cc(/C(C)=N\NC(=O)COc3ccccc3[N+](=O)[O-])oc12. The molecule has 1 N–H and O–H groups in total. The standard InChI is InChI=1S/C20H19N3O6/c1-3-27-17-10-6-7-14-11-18(29-20(14)17)13(2)21-22-19(24)12-28-16-9-5-4-8-15(16)23(25)26/h4-11H,3,12H2,1-2H3,(H,22,24)/b21-13-. The fraction of sp³-hybridized carbons (Fsp3) is 0.200. The van der Waals surface area contributed by atoms with Crippen molar-refractivity contribution in [2.24, 2.45) is 5.10 Å². The molecule has 3 rings (SSSR count). The molecule has 150 valence electrons. The van der Waals surface area contributed by atoms with Crippen LogP contribution in [0.25, 0.3) is 11.0 Å². The van der Waals surface area contributed by atoms with Crippen LogP contribution in [0.3, 0.4) is 0 Å². The predicted molar refractivity (Wildman–Crippen MR) is 106 cm³/mol. The Bertz CT molecular complexity index is 1070. The molecule has 0 fully saturated rings. The van der Waals surface area contributed by atoms with Crippen molar-refractivity contribution in [2.45, 2.75) is 13.8 Å². The molecule has 2 aromatic carbocycles. The number of hydrogen-bond acceptors (Lipinski definition) is 7. The van der Waals surface area contributed by atoms with Gasteiger partial charge in [0, 0.05) is 11.5 Å². The highest BCUT2D eigenvalue weighted by Gasteiger charge is 2.15. The van der Waals surface area contributed by atoms with E-state index in [1.54, 1.807) is 19.1 Å². The van der Waals surface area contributed by atoms with Crippen molar-refractivity contribution in [1.82, 2.24) is 5.43 Å². The molecule has 0 aliphatic heterocycles. The zero-order valence-corrected chi connectivity index (χ0v) is 15.9. The van der Waals surface area contributed by atoms with E-state index in [1.807, 2.05) is 25.1 Å². The fourth-order valence-electron chi connectivity index (χ4n) is 2.59. The molecule has 3 aromatic rings. The molecule has 1 heterocycles. The van der Waals surface area contributed by atoms with E-state index in [0.717, 1.165) is 5.39 Å². The molecule has 9 heteroatoms. The van der Waals surface area contributed by atoms with Gasteiger partial charge in [-0.3, -0.25) is 14.9 Å². The number of carbonyl (C=O) groups excluding carboxylic acids is 1. The monoisotopic (exact) mass is 397 g/mol. The minimum Gasteiger partial charge on any atom is -0.490 e. The van der Waals surface area contributed by atoms with Crippen molar-refractivity contribution in [2.75, 3.05) is 13.2 Å². The van der Waals surface area contributed by atoms with E-state index >= 15 is 0 Å². The van der Waals surface area contributed by atoms with Crippen LogP contribution in [0.5, 0.6) is 11.5 Å². The summed E-state index contributed by atoms with van der Waals surface area (Å²) in [5, 5.41) is 15.8. The van der Waals surface area contributed by atoms with E-state index in [4.69, 9.17) is 13.9 Å². The van der Waals surface area contributed by atoms with Gasteiger partial charge in [0.25, 0.3) is 5.91 Å². The summed E-state index contributed by atoms with van der Waals surface area (Å²) in [4.78, 5) is 22.4. The minimum absolute atomic E-state index is 0.00842. The van der Waals surface area contributed by atoms with Crippen LogP contribution < -0.4 is 14.9 Å². The third-order valence-electron chi connectivity index (χ3n) is 3.93. The van der Waals surface area contributed by atoms with Crippen molar-refractivity contribution in [3.63, 3.8) is 0 Å². The molecule has 0 unspecified atom stereocenters. The first-order valence-corrected chi connectivity index (χ1v) is 8.84. The molecule has 0 spiro atoms. The zero-order valence-electron chi connectivity index (χ0n) is 15.9. The fourth-order valence-corrected chi connectivity index (χ4v) is 2.59. The molecule has 29 heavy (non-hydrogen) atoms. The largest absolute Gasteiger partial charge is 0.490 e. The maximum absolute atomic E-state index is 12.0. The molecular formula is C20H19N3O6.